The molecule has 8 nitrogen and oxygen atoms in total. The van der Waals surface area contributed by atoms with E-state index in [9.17, 15) is 27.9 Å². The van der Waals surface area contributed by atoms with Gasteiger partial charge in [0.1, 0.15) is 11.2 Å². The van der Waals surface area contributed by atoms with Crippen molar-refractivity contribution in [2.45, 2.75) is 71.9 Å². The van der Waals surface area contributed by atoms with Gasteiger partial charge in [-0.15, -0.1) is 4.90 Å². The van der Waals surface area contributed by atoms with E-state index >= 15 is 0 Å². The van der Waals surface area contributed by atoms with Gasteiger partial charge in [-0.3, -0.25) is 0 Å². The summed E-state index contributed by atoms with van der Waals surface area (Å²) < 4.78 is 50.2. The van der Waals surface area contributed by atoms with Crippen molar-refractivity contribution in [1.82, 2.24) is 9.97 Å². The van der Waals surface area contributed by atoms with Crippen molar-refractivity contribution in [3.63, 3.8) is 0 Å². The average molecular weight is 407 g/mol. The van der Waals surface area contributed by atoms with Gasteiger partial charge in [0, 0.05) is 11.8 Å². The Morgan fingerprint density at radius 1 is 1.04 bits per heavy atom. The Balaban J connectivity index is 3.53. The molecule has 1 aromatic rings. The summed E-state index contributed by atoms with van der Waals surface area (Å²) in [6, 6.07) is 0. The molecule has 28 heavy (non-hydrogen) atoms. The van der Waals surface area contributed by atoms with Gasteiger partial charge in [0.25, 0.3) is 0 Å². The number of rotatable bonds is 2. The lowest BCUT2D eigenvalue weighted by molar-refractivity contribution is -0.142. The van der Waals surface area contributed by atoms with E-state index in [1.165, 1.54) is 41.5 Å². The number of anilines is 1. The van der Waals surface area contributed by atoms with Gasteiger partial charge >= 0.3 is 18.4 Å². The van der Waals surface area contributed by atoms with Gasteiger partial charge in [-0.05, 0) is 48.5 Å². The van der Waals surface area contributed by atoms with Crippen LogP contribution in [0.1, 0.15) is 65.8 Å². The summed E-state index contributed by atoms with van der Waals surface area (Å²) >= 11 is 0. The zero-order valence-electron chi connectivity index (χ0n) is 16.7. The Morgan fingerprint density at radius 2 is 1.46 bits per heavy atom. The van der Waals surface area contributed by atoms with Crippen LogP contribution in [-0.2, 0) is 15.7 Å². The van der Waals surface area contributed by atoms with Crippen LogP contribution in [0.3, 0.4) is 0 Å². The quantitative estimate of drug-likeness (QED) is 0.783. The summed E-state index contributed by atoms with van der Waals surface area (Å²) in [5.41, 5.74) is -4.19. The Hall–Kier alpha value is -2.43. The van der Waals surface area contributed by atoms with Gasteiger partial charge in [0.05, 0.1) is 6.10 Å². The smallest absolute Gasteiger partial charge is 0.433 e. The Bertz CT molecular complexity index is 709. The number of aromatic nitrogens is 2. The number of imide groups is 1. The molecule has 1 unspecified atom stereocenters. The summed E-state index contributed by atoms with van der Waals surface area (Å²) in [7, 11) is 0. The van der Waals surface area contributed by atoms with Gasteiger partial charge < -0.3 is 14.6 Å². The van der Waals surface area contributed by atoms with E-state index in [4.69, 9.17) is 9.47 Å². The molecule has 1 heterocycles. The highest BCUT2D eigenvalue weighted by molar-refractivity contribution is 6.08. The lowest BCUT2D eigenvalue weighted by Gasteiger charge is -2.28. The minimum atomic E-state index is -4.96. The van der Waals surface area contributed by atoms with Crippen molar-refractivity contribution < 1.29 is 37.3 Å². The molecule has 0 aromatic carbocycles. The molecule has 0 saturated heterocycles. The second-order valence-corrected chi connectivity index (χ2v) is 7.94. The van der Waals surface area contributed by atoms with E-state index in [0.29, 0.717) is 6.20 Å². The molecule has 0 aliphatic rings. The predicted molar refractivity (Wildman–Crippen MR) is 92.6 cm³/mol. The van der Waals surface area contributed by atoms with E-state index in [0.717, 1.165) is 6.92 Å². The third kappa shape index (κ3) is 6.63. The molecule has 2 amide bonds. The lowest BCUT2D eigenvalue weighted by atomic mass is 10.1. The molecule has 1 aromatic heterocycles. The summed E-state index contributed by atoms with van der Waals surface area (Å²) in [4.78, 5) is 32.0. The number of hydrogen-bond acceptors (Lipinski definition) is 7. The summed E-state index contributed by atoms with van der Waals surface area (Å²) in [6.07, 6.45) is -8.41. The molecule has 0 bridgehead atoms. The van der Waals surface area contributed by atoms with Crippen LogP contribution in [0.2, 0.25) is 0 Å². The lowest BCUT2D eigenvalue weighted by Crippen LogP contribution is -2.44. The first-order valence-corrected chi connectivity index (χ1v) is 8.30. The van der Waals surface area contributed by atoms with E-state index < -0.39 is 52.9 Å². The highest BCUT2D eigenvalue weighted by Gasteiger charge is 2.40. The number of carbonyl (C=O) groups is 2. The van der Waals surface area contributed by atoms with Gasteiger partial charge in [0.2, 0.25) is 5.95 Å². The summed E-state index contributed by atoms with van der Waals surface area (Å²) in [5.74, 6) is -0.889. The maximum atomic E-state index is 13.3. The monoisotopic (exact) mass is 407 g/mol. The maximum absolute atomic E-state index is 13.3. The molecule has 0 aliphatic heterocycles. The second-order valence-electron chi connectivity index (χ2n) is 7.94. The fourth-order valence-electron chi connectivity index (χ4n) is 1.88. The van der Waals surface area contributed by atoms with Crippen LogP contribution < -0.4 is 4.90 Å². The number of nitrogens with zero attached hydrogens (tertiary/aromatic N) is 3. The third-order valence-corrected chi connectivity index (χ3v) is 2.88. The number of aliphatic hydroxyl groups is 1. The highest BCUT2D eigenvalue weighted by atomic mass is 19.4. The third-order valence-electron chi connectivity index (χ3n) is 2.88. The van der Waals surface area contributed by atoms with Crippen LogP contribution in [0.4, 0.5) is 28.7 Å². The van der Waals surface area contributed by atoms with Crippen molar-refractivity contribution in [2.75, 3.05) is 4.90 Å². The van der Waals surface area contributed by atoms with E-state index in [1.54, 1.807) is 0 Å². The van der Waals surface area contributed by atoms with Gasteiger partial charge in [0.15, 0.2) is 5.69 Å². The topological polar surface area (TPSA) is 102 Å². The van der Waals surface area contributed by atoms with Crippen LogP contribution in [-0.4, -0.2) is 38.5 Å². The molecule has 0 saturated carbocycles. The molecule has 1 rings (SSSR count). The standard InChI is InChI=1S/C17H24F3N3O5/c1-9(24)10-8-21-12(22-11(10)17(18,19)20)23(13(25)27-15(2,3)4)14(26)28-16(5,6)7/h8-9,24H,1-7H3. The fraction of sp³-hybridized carbons (Fsp3) is 0.647. The first kappa shape index (κ1) is 23.6. The van der Waals surface area contributed by atoms with Crippen molar-refractivity contribution in [1.29, 1.82) is 0 Å². The van der Waals surface area contributed by atoms with Crippen LogP contribution >= 0.6 is 0 Å². The van der Waals surface area contributed by atoms with Crippen LogP contribution in [0, 0.1) is 0 Å². The Kier molecular flexibility index (Phi) is 6.66. The van der Waals surface area contributed by atoms with E-state index in [2.05, 4.69) is 9.97 Å². The van der Waals surface area contributed by atoms with Gasteiger partial charge in [-0.1, -0.05) is 0 Å². The zero-order valence-corrected chi connectivity index (χ0v) is 16.7. The van der Waals surface area contributed by atoms with Gasteiger partial charge in [-0.25, -0.2) is 19.6 Å². The Morgan fingerprint density at radius 3 is 1.79 bits per heavy atom. The highest BCUT2D eigenvalue weighted by Crippen LogP contribution is 2.34. The summed E-state index contributed by atoms with van der Waals surface area (Å²) in [5, 5.41) is 9.54. The SMILES string of the molecule is CC(O)c1cnc(N(C(=O)OC(C)(C)C)C(=O)OC(C)(C)C)nc1C(F)(F)F. The molecule has 11 heteroatoms. The summed E-state index contributed by atoms with van der Waals surface area (Å²) in [6.45, 7) is 10.2. The molecule has 1 atom stereocenters. The van der Waals surface area contributed by atoms with E-state index in [1.807, 2.05) is 0 Å². The molecule has 0 aliphatic carbocycles. The number of alkyl halides is 3. The number of aliphatic hydroxyl groups excluding tert-OH is 1. The van der Waals surface area contributed by atoms with Crippen molar-refractivity contribution in [3.05, 3.63) is 17.5 Å². The first-order chi connectivity index (χ1) is 12.4. The van der Waals surface area contributed by atoms with Crippen molar-refractivity contribution >= 4 is 18.1 Å². The van der Waals surface area contributed by atoms with E-state index in [-0.39, 0.29) is 4.90 Å². The van der Waals surface area contributed by atoms with Crippen molar-refractivity contribution in [2.24, 2.45) is 0 Å². The first-order valence-electron chi connectivity index (χ1n) is 8.30. The van der Waals surface area contributed by atoms with Crippen LogP contribution in [0.25, 0.3) is 0 Å². The largest absolute Gasteiger partial charge is 0.443 e. The number of amides is 2. The van der Waals surface area contributed by atoms with Crippen LogP contribution in [0.5, 0.6) is 0 Å². The predicted octanol–water partition coefficient (Wildman–Crippen LogP) is 4.23. The normalized spacial score (nSPS) is 13.7. The molecule has 1 N–H and O–H groups in total. The number of hydrogen-bond donors (Lipinski definition) is 1. The molecule has 0 spiro atoms. The second kappa shape index (κ2) is 7.90. The number of halogens is 3. The minimum absolute atomic E-state index is 0.178. The molecule has 0 radical (unpaired) electrons. The molecule has 0 fully saturated rings. The number of ether oxygens (including phenoxy) is 2. The molecule has 158 valence electrons. The van der Waals surface area contributed by atoms with Crippen LogP contribution in [0.15, 0.2) is 6.20 Å². The Labute approximate surface area is 160 Å². The maximum Gasteiger partial charge on any atom is 0.433 e. The molecular formula is C17H24F3N3O5. The van der Waals surface area contributed by atoms with Crippen molar-refractivity contribution in [3.8, 4) is 0 Å². The molecular weight excluding hydrogens is 383 g/mol. The fourth-order valence-corrected chi connectivity index (χ4v) is 1.88. The minimum Gasteiger partial charge on any atom is -0.443 e. The van der Waals surface area contributed by atoms with Gasteiger partial charge in [-0.2, -0.15) is 13.2 Å². The number of carbonyl (C=O) groups excluding carboxylic acids is 2. The average Bonchev–Trinajstić information content (AvgIpc) is 2.42. The zero-order chi connectivity index (χ0) is 22.1.